The van der Waals surface area contributed by atoms with Crippen molar-refractivity contribution in [2.75, 3.05) is 25.4 Å². The molecule has 1 aliphatic carbocycles. The van der Waals surface area contributed by atoms with Crippen LogP contribution < -0.4 is 33.0 Å². The number of para-hydroxylation sites is 1. The van der Waals surface area contributed by atoms with Crippen molar-refractivity contribution in [3.8, 4) is 11.5 Å². The number of thiophene rings is 1. The average Bonchev–Trinajstić information content (AvgIpc) is 3.42. The first kappa shape index (κ1) is 29.8. The number of ketones is 1. The number of amides is 2. The molecule has 2 heterocycles. The van der Waals surface area contributed by atoms with Crippen molar-refractivity contribution < 1.29 is 19.1 Å². The zero-order chi connectivity index (χ0) is 31.2. The molecule has 9 N–H and O–H groups in total. The molecular weight excluding hydrogens is 576 g/mol. The molecule has 10 nitrogen and oxygen atoms in total. The van der Waals surface area contributed by atoms with Crippen LogP contribution in [0, 0.1) is 6.92 Å². The highest BCUT2D eigenvalue weighted by Gasteiger charge is 2.49. The van der Waals surface area contributed by atoms with E-state index < -0.39 is 17.4 Å². The number of anilines is 1. The summed E-state index contributed by atoms with van der Waals surface area (Å²) < 4.78 is 6.66. The summed E-state index contributed by atoms with van der Waals surface area (Å²) in [5.74, 6) is 0.505. The Bertz CT molecular complexity index is 1770. The maximum atomic E-state index is 14.2. The number of nitrogen functional groups attached to an aromatic ring is 1. The average molecular weight is 613 g/mol. The minimum absolute atomic E-state index is 0.0253. The summed E-state index contributed by atoms with van der Waals surface area (Å²) in [7, 11) is 0. The quantitative estimate of drug-likeness (QED) is 0.197. The van der Waals surface area contributed by atoms with E-state index in [1.165, 1.54) is 11.3 Å². The zero-order valence-electron chi connectivity index (χ0n) is 24.5. The van der Waals surface area contributed by atoms with Gasteiger partial charge in [0.05, 0.1) is 15.6 Å². The van der Waals surface area contributed by atoms with E-state index in [9.17, 15) is 14.4 Å². The topological polar surface area (TPSA) is 180 Å². The van der Waals surface area contributed by atoms with Gasteiger partial charge in [-0.3, -0.25) is 14.4 Å². The largest absolute Gasteiger partial charge is 0.457 e. The van der Waals surface area contributed by atoms with Gasteiger partial charge in [-0.2, -0.15) is 0 Å². The number of hydrogen-bond donors (Lipinski definition) is 5. The predicted molar refractivity (Wildman–Crippen MR) is 172 cm³/mol. The van der Waals surface area contributed by atoms with Gasteiger partial charge < -0.3 is 37.9 Å². The molecule has 1 fully saturated rings. The lowest BCUT2D eigenvalue weighted by atomic mass is 9.69. The number of nitrogens with zero attached hydrogens (tertiary/aromatic N) is 1. The van der Waals surface area contributed by atoms with Crippen molar-refractivity contribution in [3.05, 3.63) is 87.8 Å². The van der Waals surface area contributed by atoms with Crippen molar-refractivity contribution in [2.45, 2.75) is 43.8 Å². The van der Waals surface area contributed by atoms with E-state index in [1.807, 2.05) is 43.3 Å². The van der Waals surface area contributed by atoms with Gasteiger partial charge in [0.1, 0.15) is 17.0 Å². The normalized spacial score (nSPS) is 21.4. The summed E-state index contributed by atoms with van der Waals surface area (Å²) in [5.41, 5.74) is 27.0. The number of nitrogens with one attached hydrogen (secondary N) is 1. The zero-order valence-corrected chi connectivity index (χ0v) is 25.3. The van der Waals surface area contributed by atoms with Crippen LogP contribution in [0.1, 0.15) is 57.2 Å². The molecule has 1 aliphatic heterocycles. The first-order valence-corrected chi connectivity index (χ1v) is 15.5. The summed E-state index contributed by atoms with van der Waals surface area (Å²) in [5, 5.41) is 3.72. The predicted octanol–water partition coefficient (Wildman–Crippen LogP) is 3.44. The molecule has 4 aromatic rings. The Balaban J connectivity index is 1.37. The van der Waals surface area contributed by atoms with Crippen LogP contribution >= 0.6 is 11.3 Å². The Morgan fingerprint density at radius 2 is 1.84 bits per heavy atom. The maximum absolute atomic E-state index is 14.2. The highest BCUT2D eigenvalue weighted by atomic mass is 32.1. The van der Waals surface area contributed by atoms with Crippen molar-refractivity contribution in [1.82, 2.24) is 10.2 Å². The number of ether oxygens (including phenoxy) is 1. The molecule has 3 unspecified atom stereocenters. The second kappa shape index (κ2) is 11.7. The Hall–Kier alpha value is -4.29. The van der Waals surface area contributed by atoms with Gasteiger partial charge in [-0.15, -0.1) is 11.3 Å². The second-order valence-corrected chi connectivity index (χ2v) is 12.5. The van der Waals surface area contributed by atoms with Gasteiger partial charge in [-0.25, -0.2) is 0 Å². The molecule has 3 atom stereocenters. The van der Waals surface area contributed by atoms with Crippen LogP contribution in [-0.2, 0) is 15.1 Å². The van der Waals surface area contributed by atoms with Crippen LogP contribution in [0.4, 0.5) is 5.69 Å². The van der Waals surface area contributed by atoms with Gasteiger partial charge in [-0.1, -0.05) is 30.3 Å². The number of hydrogen-bond acceptors (Lipinski definition) is 9. The summed E-state index contributed by atoms with van der Waals surface area (Å²) >= 11 is 1.21. The molecule has 6 rings (SSSR count). The summed E-state index contributed by atoms with van der Waals surface area (Å²) in [6.45, 7) is 3.19. The fraction of sp³-hybridized carbons (Fsp3) is 0.303. The lowest BCUT2D eigenvalue weighted by molar-refractivity contribution is -0.132. The lowest BCUT2D eigenvalue weighted by Crippen LogP contribution is -2.53. The number of rotatable bonds is 7. The van der Waals surface area contributed by atoms with Gasteiger partial charge in [0.15, 0.2) is 5.78 Å². The van der Waals surface area contributed by atoms with E-state index in [2.05, 4.69) is 5.32 Å². The molecule has 228 valence electrons. The lowest BCUT2D eigenvalue weighted by Gasteiger charge is -2.37. The number of benzene rings is 3. The number of carbonyl (C=O) groups excluding carboxylic acids is 3. The number of Topliss-reactive ketones (excluding diaryl/α,β-unsaturated/α-hetero) is 1. The van der Waals surface area contributed by atoms with E-state index in [0.717, 1.165) is 18.4 Å². The Kier molecular flexibility index (Phi) is 7.89. The molecule has 0 spiro atoms. The molecule has 0 bridgehead atoms. The van der Waals surface area contributed by atoms with Crippen LogP contribution in [0.2, 0.25) is 0 Å². The first-order chi connectivity index (χ1) is 21.1. The molecule has 2 aliphatic rings. The van der Waals surface area contributed by atoms with E-state index in [1.54, 1.807) is 29.2 Å². The van der Waals surface area contributed by atoms with Gasteiger partial charge in [-0.05, 0) is 66.8 Å². The Morgan fingerprint density at radius 1 is 1.09 bits per heavy atom. The van der Waals surface area contributed by atoms with Crippen molar-refractivity contribution in [3.63, 3.8) is 0 Å². The van der Waals surface area contributed by atoms with Crippen molar-refractivity contribution in [1.29, 1.82) is 0 Å². The SMILES string of the molecule is Cc1cc(Oc2ccccc2)ccc1C1(N)C(=O)C(N)c2c(C(=O)NC3CCCN(C(=O)CCN)C3)sc3c(N)ccc1c23. The molecule has 1 saturated heterocycles. The van der Waals surface area contributed by atoms with Crippen LogP contribution in [-0.4, -0.2) is 48.2 Å². The second-order valence-electron chi connectivity index (χ2n) is 11.5. The smallest absolute Gasteiger partial charge is 0.262 e. The van der Waals surface area contributed by atoms with Crippen LogP contribution in [0.15, 0.2) is 60.7 Å². The minimum Gasteiger partial charge on any atom is -0.457 e. The molecule has 0 saturated carbocycles. The van der Waals surface area contributed by atoms with Gasteiger partial charge in [0, 0.05) is 48.7 Å². The fourth-order valence-corrected chi connectivity index (χ4v) is 7.65. The van der Waals surface area contributed by atoms with Gasteiger partial charge >= 0.3 is 0 Å². The molecule has 2 amide bonds. The molecule has 0 radical (unpaired) electrons. The van der Waals surface area contributed by atoms with Gasteiger partial charge in [0.25, 0.3) is 5.91 Å². The molecule has 1 aromatic heterocycles. The number of likely N-dealkylation sites (tertiary alicyclic amines) is 1. The molecular formula is C33H36N6O4S. The third kappa shape index (κ3) is 5.01. The standard InChI is InChI=1S/C33H36N6O4S/c1-18-16-21(43-20-7-3-2-4-8-20)9-10-22(18)33(37)23-11-12-24(35)29-26(23)27(28(36)31(33)41)30(44-29)32(42)38-19-6-5-15-39(17-19)25(40)13-14-34/h2-4,7-12,16,19,28H,5-6,13-15,17,34-37H2,1H3,(H,38,42). The van der Waals surface area contributed by atoms with E-state index in [0.29, 0.717) is 61.9 Å². The van der Waals surface area contributed by atoms with E-state index >= 15 is 0 Å². The summed E-state index contributed by atoms with van der Waals surface area (Å²) in [6, 6.07) is 16.9. The third-order valence-electron chi connectivity index (χ3n) is 8.59. The van der Waals surface area contributed by atoms with E-state index in [4.69, 9.17) is 27.7 Å². The summed E-state index contributed by atoms with van der Waals surface area (Å²) in [6.07, 6.45) is 1.76. The fourth-order valence-electron chi connectivity index (χ4n) is 6.45. The molecule has 3 aromatic carbocycles. The Morgan fingerprint density at radius 3 is 2.57 bits per heavy atom. The number of nitrogens with two attached hydrogens (primary N) is 4. The molecule has 11 heteroatoms. The number of carbonyl (C=O) groups is 3. The van der Waals surface area contributed by atoms with Crippen molar-refractivity contribution >= 4 is 44.7 Å². The highest BCUT2D eigenvalue weighted by molar-refractivity contribution is 7.21. The number of aryl methyl sites for hydroxylation is 1. The number of piperidine rings is 1. The van der Waals surface area contributed by atoms with Gasteiger partial charge in [0.2, 0.25) is 5.91 Å². The first-order valence-electron chi connectivity index (χ1n) is 14.7. The van der Waals surface area contributed by atoms with Crippen molar-refractivity contribution in [2.24, 2.45) is 17.2 Å². The van der Waals surface area contributed by atoms with Crippen LogP contribution in [0.3, 0.4) is 0 Å². The van der Waals surface area contributed by atoms with E-state index in [-0.39, 0.29) is 30.8 Å². The Labute approximate surface area is 259 Å². The monoisotopic (exact) mass is 612 g/mol. The highest BCUT2D eigenvalue weighted by Crippen LogP contribution is 2.50. The third-order valence-corrected chi connectivity index (χ3v) is 9.84. The maximum Gasteiger partial charge on any atom is 0.262 e. The molecule has 44 heavy (non-hydrogen) atoms. The minimum atomic E-state index is -1.57. The van der Waals surface area contributed by atoms with Crippen LogP contribution in [0.25, 0.3) is 10.1 Å². The van der Waals surface area contributed by atoms with Crippen LogP contribution in [0.5, 0.6) is 11.5 Å². The summed E-state index contributed by atoms with van der Waals surface area (Å²) in [4.78, 5) is 42.5.